The third kappa shape index (κ3) is 4.54. The van der Waals surface area contributed by atoms with E-state index >= 15 is 0 Å². The summed E-state index contributed by atoms with van der Waals surface area (Å²) in [6, 6.07) is 13.1. The van der Waals surface area contributed by atoms with E-state index < -0.39 is 0 Å². The van der Waals surface area contributed by atoms with Crippen molar-refractivity contribution >= 4 is 29.4 Å². The van der Waals surface area contributed by atoms with Crippen LogP contribution in [0.25, 0.3) is 0 Å². The Morgan fingerprint density at radius 2 is 2.08 bits per heavy atom. The second-order valence-corrected chi connectivity index (χ2v) is 8.04. The quantitative estimate of drug-likeness (QED) is 0.835. The van der Waals surface area contributed by atoms with E-state index in [1.54, 1.807) is 35.7 Å². The Labute approximate surface area is 150 Å². The van der Waals surface area contributed by atoms with Crippen LogP contribution in [0.3, 0.4) is 0 Å². The zero-order valence-electron chi connectivity index (χ0n) is 13.5. The maximum absolute atomic E-state index is 13.5. The summed E-state index contributed by atoms with van der Waals surface area (Å²) in [5.41, 5.74) is 3.37. The molecule has 2 nitrogen and oxygen atoms in total. The first-order valence-electron chi connectivity index (χ1n) is 7.97. The van der Waals surface area contributed by atoms with Crippen molar-refractivity contribution in [3.63, 3.8) is 0 Å². The summed E-state index contributed by atoms with van der Waals surface area (Å²) in [4.78, 5) is 13.3. The summed E-state index contributed by atoms with van der Waals surface area (Å²) in [5.74, 6) is 1.95. The molecule has 2 aromatic carbocycles. The molecule has 0 bridgehead atoms. The number of thioether (sulfide) groups is 2. The molecule has 0 aliphatic carbocycles. The topological polar surface area (TPSA) is 29.1 Å². The van der Waals surface area contributed by atoms with Crippen molar-refractivity contribution in [2.45, 2.75) is 30.0 Å². The third-order valence-electron chi connectivity index (χ3n) is 3.97. The highest BCUT2D eigenvalue weighted by molar-refractivity contribution is 7.99. The molecule has 1 unspecified atom stereocenters. The van der Waals surface area contributed by atoms with E-state index in [4.69, 9.17) is 0 Å². The third-order valence-corrected chi connectivity index (χ3v) is 6.10. The Kier molecular flexibility index (Phi) is 5.85. The zero-order chi connectivity index (χ0) is 16.9. The molecule has 126 valence electrons. The summed E-state index contributed by atoms with van der Waals surface area (Å²) in [5, 5.41) is 3.06. The van der Waals surface area contributed by atoms with Gasteiger partial charge in [-0.3, -0.25) is 4.79 Å². The van der Waals surface area contributed by atoms with Gasteiger partial charge >= 0.3 is 0 Å². The molecule has 0 spiro atoms. The van der Waals surface area contributed by atoms with Crippen molar-refractivity contribution in [3.05, 3.63) is 65.0 Å². The van der Waals surface area contributed by atoms with Crippen molar-refractivity contribution < 1.29 is 9.18 Å². The Morgan fingerprint density at radius 3 is 2.88 bits per heavy atom. The van der Waals surface area contributed by atoms with Gasteiger partial charge in [0.25, 0.3) is 0 Å². The molecule has 0 saturated heterocycles. The molecular weight excluding hydrogens is 341 g/mol. The molecular formula is C19H20FNOS2. The summed E-state index contributed by atoms with van der Waals surface area (Å²) in [7, 11) is 0. The van der Waals surface area contributed by atoms with E-state index in [9.17, 15) is 9.18 Å². The zero-order valence-corrected chi connectivity index (χ0v) is 15.2. The molecule has 0 radical (unpaired) electrons. The van der Waals surface area contributed by atoms with Gasteiger partial charge in [0, 0.05) is 16.4 Å². The second-order valence-electron chi connectivity index (χ2n) is 5.92. The lowest BCUT2D eigenvalue weighted by molar-refractivity contribution is -0.119. The Bertz CT molecular complexity index is 718. The van der Waals surface area contributed by atoms with E-state index in [1.807, 2.05) is 0 Å². The minimum atomic E-state index is -0.246. The van der Waals surface area contributed by atoms with Gasteiger partial charge in [0.1, 0.15) is 5.82 Å². The van der Waals surface area contributed by atoms with Crippen LogP contribution in [0.4, 0.5) is 4.39 Å². The highest BCUT2D eigenvalue weighted by Crippen LogP contribution is 2.36. The predicted molar refractivity (Wildman–Crippen MR) is 100.0 cm³/mol. The average molecular weight is 362 g/mol. The number of halogens is 1. The van der Waals surface area contributed by atoms with Gasteiger partial charge in [-0.05, 0) is 42.7 Å². The smallest absolute Gasteiger partial charge is 0.230 e. The SMILES string of the molecule is Cc1ccc(CSCC(=O)NC2CCSc3ccc(F)cc32)cc1. The fraction of sp³-hybridized carbons (Fsp3) is 0.316. The predicted octanol–water partition coefficient (Wildman–Crippen LogP) is 4.72. The standard InChI is InChI=1S/C19H20FNOS2/c1-13-2-4-14(5-3-13)11-23-12-19(22)21-17-8-9-24-18-7-6-15(20)10-16(17)18/h2-7,10,17H,8-9,11-12H2,1H3,(H,21,22). The van der Waals surface area contributed by atoms with Crippen LogP contribution in [0.2, 0.25) is 0 Å². The highest BCUT2D eigenvalue weighted by Gasteiger charge is 2.22. The van der Waals surface area contributed by atoms with Crippen LogP contribution in [-0.2, 0) is 10.5 Å². The molecule has 24 heavy (non-hydrogen) atoms. The lowest BCUT2D eigenvalue weighted by Crippen LogP contribution is -2.32. The van der Waals surface area contributed by atoms with Crippen molar-refractivity contribution in [2.75, 3.05) is 11.5 Å². The monoisotopic (exact) mass is 361 g/mol. The minimum Gasteiger partial charge on any atom is -0.349 e. The Hall–Kier alpha value is -1.46. The van der Waals surface area contributed by atoms with Crippen molar-refractivity contribution in [1.82, 2.24) is 5.32 Å². The molecule has 1 heterocycles. The van der Waals surface area contributed by atoms with Crippen LogP contribution in [-0.4, -0.2) is 17.4 Å². The van der Waals surface area contributed by atoms with E-state index in [0.29, 0.717) is 5.75 Å². The molecule has 0 saturated carbocycles. The number of amides is 1. The maximum Gasteiger partial charge on any atom is 0.230 e. The first-order valence-corrected chi connectivity index (χ1v) is 10.1. The van der Waals surface area contributed by atoms with Gasteiger partial charge in [0.15, 0.2) is 0 Å². The van der Waals surface area contributed by atoms with Crippen LogP contribution >= 0.6 is 23.5 Å². The summed E-state index contributed by atoms with van der Waals surface area (Å²) in [6.45, 7) is 2.06. The second kappa shape index (κ2) is 8.08. The summed E-state index contributed by atoms with van der Waals surface area (Å²) < 4.78 is 13.5. The number of benzene rings is 2. The summed E-state index contributed by atoms with van der Waals surface area (Å²) in [6.07, 6.45) is 0.843. The molecule has 0 fully saturated rings. The fourth-order valence-corrected chi connectivity index (χ4v) is 4.60. The molecule has 1 N–H and O–H groups in total. The van der Waals surface area contributed by atoms with Gasteiger partial charge in [-0.1, -0.05) is 29.8 Å². The van der Waals surface area contributed by atoms with Gasteiger partial charge in [-0.25, -0.2) is 4.39 Å². The first-order chi connectivity index (χ1) is 11.6. The lowest BCUT2D eigenvalue weighted by Gasteiger charge is -2.26. The molecule has 1 aliphatic rings. The fourth-order valence-electron chi connectivity index (χ4n) is 2.70. The molecule has 5 heteroatoms. The Morgan fingerprint density at radius 1 is 1.29 bits per heavy atom. The molecule has 3 rings (SSSR count). The number of aryl methyl sites for hydroxylation is 1. The Balaban J connectivity index is 1.52. The van der Waals surface area contributed by atoms with Crippen LogP contribution in [0.5, 0.6) is 0 Å². The number of fused-ring (bicyclic) bond motifs is 1. The van der Waals surface area contributed by atoms with Crippen LogP contribution in [0.15, 0.2) is 47.4 Å². The maximum atomic E-state index is 13.5. The number of nitrogens with one attached hydrogen (secondary N) is 1. The minimum absolute atomic E-state index is 0.0132. The van der Waals surface area contributed by atoms with Crippen molar-refractivity contribution in [2.24, 2.45) is 0 Å². The van der Waals surface area contributed by atoms with Gasteiger partial charge in [0.2, 0.25) is 5.91 Å². The molecule has 1 aliphatic heterocycles. The number of hydrogen-bond acceptors (Lipinski definition) is 3. The summed E-state index contributed by atoms with van der Waals surface area (Å²) >= 11 is 3.32. The van der Waals surface area contributed by atoms with Crippen LogP contribution in [0.1, 0.15) is 29.2 Å². The highest BCUT2D eigenvalue weighted by atomic mass is 32.2. The van der Waals surface area contributed by atoms with E-state index in [2.05, 4.69) is 36.5 Å². The number of rotatable bonds is 5. The van der Waals surface area contributed by atoms with Crippen molar-refractivity contribution in [1.29, 1.82) is 0 Å². The normalized spacial score (nSPS) is 16.5. The van der Waals surface area contributed by atoms with Gasteiger partial charge < -0.3 is 5.32 Å². The molecule has 1 atom stereocenters. The van der Waals surface area contributed by atoms with Crippen LogP contribution < -0.4 is 5.32 Å². The number of carbonyl (C=O) groups excluding carboxylic acids is 1. The van der Waals surface area contributed by atoms with Crippen LogP contribution in [0, 0.1) is 12.7 Å². The number of carbonyl (C=O) groups is 1. The average Bonchev–Trinajstić information content (AvgIpc) is 2.57. The number of hydrogen-bond donors (Lipinski definition) is 1. The molecule has 0 aromatic heterocycles. The largest absolute Gasteiger partial charge is 0.349 e. The lowest BCUT2D eigenvalue weighted by atomic mass is 10.0. The molecule has 2 aromatic rings. The van der Waals surface area contributed by atoms with E-state index in [0.717, 1.165) is 28.4 Å². The first kappa shape index (κ1) is 17.4. The van der Waals surface area contributed by atoms with E-state index in [1.165, 1.54) is 17.2 Å². The van der Waals surface area contributed by atoms with Gasteiger partial charge in [-0.15, -0.1) is 23.5 Å². The van der Waals surface area contributed by atoms with Crippen molar-refractivity contribution in [3.8, 4) is 0 Å². The van der Waals surface area contributed by atoms with E-state index in [-0.39, 0.29) is 17.8 Å². The molecule has 1 amide bonds. The van der Waals surface area contributed by atoms with Gasteiger partial charge in [-0.2, -0.15) is 0 Å². The van der Waals surface area contributed by atoms with Gasteiger partial charge in [0.05, 0.1) is 11.8 Å².